The minimum Gasteiger partial charge on any atom is -0.330 e. The Hall–Kier alpha value is -1.84. The first kappa shape index (κ1) is 18.2. The molecule has 1 saturated heterocycles. The first-order chi connectivity index (χ1) is 13.4. The van der Waals surface area contributed by atoms with Gasteiger partial charge in [-0.2, -0.15) is 0 Å². The average Bonchev–Trinajstić information content (AvgIpc) is 3.12. The number of anilines is 1. The normalized spacial score (nSPS) is 36.0. The van der Waals surface area contributed by atoms with Gasteiger partial charge in [-0.3, -0.25) is 9.59 Å². The molecule has 4 bridgehead atoms. The molecule has 0 aromatic heterocycles. The number of rotatable bonds is 3. The molecule has 0 radical (unpaired) electrons. The van der Waals surface area contributed by atoms with Crippen LogP contribution in [0.5, 0.6) is 0 Å². The molecule has 4 aliphatic carbocycles. The Morgan fingerprint density at radius 2 is 1.68 bits per heavy atom. The number of carbonyl (C=O) groups excluding carboxylic acids is 2. The molecule has 2 amide bonds. The summed E-state index contributed by atoms with van der Waals surface area (Å²) >= 11 is 0. The molecular formula is C24H32N2O2. The highest BCUT2D eigenvalue weighted by Gasteiger charge is 2.56. The number of aryl methyl sites for hydroxylation is 2. The van der Waals surface area contributed by atoms with Crippen LogP contribution in [0.3, 0.4) is 0 Å². The molecule has 28 heavy (non-hydrogen) atoms. The number of nitrogens with zero attached hydrogens (tertiary/aromatic N) is 1. The number of nitrogens with one attached hydrogen (secondary N) is 1. The van der Waals surface area contributed by atoms with Gasteiger partial charge in [0, 0.05) is 12.2 Å². The predicted octanol–water partition coefficient (Wildman–Crippen LogP) is 4.45. The van der Waals surface area contributed by atoms with Crippen LogP contribution in [0.15, 0.2) is 18.2 Å². The van der Waals surface area contributed by atoms with Gasteiger partial charge in [0.25, 0.3) is 0 Å². The molecule has 1 atom stereocenters. The Morgan fingerprint density at radius 1 is 1.04 bits per heavy atom. The molecule has 6 rings (SSSR count). The summed E-state index contributed by atoms with van der Waals surface area (Å²) in [6.45, 7) is 4.82. The summed E-state index contributed by atoms with van der Waals surface area (Å²) in [6.07, 6.45) is 8.94. The zero-order valence-electron chi connectivity index (χ0n) is 17.2. The third-order valence-electron chi connectivity index (χ3n) is 7.95. The Kier molecular flexibility index (Phi) is 4.29. The van der Waals surface area contributed by atoms with Crippen LogP contribution >= 0.6 is 0 Å². The third-order valence-corrected chi connectivity index (χ3v) is 7.95. The standard InChI is InChI=1S/C24H32N2O2/c1-15-5-6-20(16(2)8-15)25-22(27)21-4-3-7-26(21)23(28)24-12-17-9-18(13-24)11-19(10-17)14-24/h5-6,8,17-19,21H,3-4,7,9-14H2,1-2H3,(H,25,27). The first-order valence-corrected chi connectivity index (χ1v) is 11.1. The summed E-state index contributed by atoms with van der Waals surface area (Å²) < 4.78 is 0. The number of carbonyl (C=O) groups is 2. The quantitative estimate of drug-likeness (QED) is 0.842. The van der Waals surface area contributed by atoms with Crippen molar-refractivity contribution in [3.05, 3.63) is 29.3 Å². The van der Waals surface area contributed by atoms with E-state index in [9.17, 15) is 9.59 Å². The van der Waals surface area contributed by atoms with E-state index in [1.54, 1.807) is 0 Å². The predicted molar refractivity (Wildman–Crippen MR) is 110 cm³/mol. The van der Waals surface area contributed by atoms with Crippen LogP contribution in [0.2, 0.25) is 0 Å². The smallest absolute Gasteiger partial charge is 0.247 e. The molecule has 1 aromatic carbocycles. The monoisotopic (exact) mass is 380 g/mol. The molecule has 4 nitrogen and oxygen atoms in total. The van der Waals surface area contributed by atoms with Gasteiger partial charge in [0.2, 0.25) is 11.8 Å². The van der Waals surface area contributed by atoms with Crippen molar-refractivity contribution in [2.45, 2.75) is 71.3 Å². The Bertz CT molecular complexity index is 780. The number of likely N-dealkylation sites (tertiary alicyclic amines) is 1. The Balaban J connectivity index is 1.34. The van der Waals surface area contributed by atoms with Crippen molar-refractivity contribution in [3.8, 4) is 0 Å². The van der Waals surface area contributed by atoms with Gasteiger partial charge < -0.3 is 10.2 Å². The third kappa shape index (κ3) is 2.96. The highest BCUT2D eigenvalue weighted by atomic mass is 16.2. The molecular weight excluding hydrogens is 348 g/mol. The van der Waals surface area contributed by atoms with E-state index in [2.05, 4.69) is 18.3 Å². The van der Waals surface area contributed by atoms with E-state index in [1.165, 1.54) is 24.8 Å². The molecule has 5 aliphatic rings. The van der Waals surface area contributed by atoms with E-state index in [4.69, 9.17) is 0 Å². The number of benzene rings is 1. The van der Waals surface area contributed by atoms with Gasteiger partial charge in [0.15, 0.2) is 0 Å². The summed E-state index contributed by atoms with van der Waals surface area (Å²) in [5.74, 6) is 2.54. The topological polar surface area (TPSA) is 49.4 Å². The van der Waals surface area contributed by atoms with E-state index in [0.29, 0.717) is 5.91 Å². The van der Waals surface area contributed by atoms with Crippen molar-refractivity contribution in [1.82, 2.24) is 4.90 Å². The molecule has 5 fully saturated rings. The lowest BCUT2D eigenvalue weighted by Crippen LogP contribution is -2.56. The van der Waals surface area contributed by atoms with Crippen molar-refractivity contribution >= 4 is 17.5 Å². The van der Waals surface area contributed by atoms with Crippen LogP contribution in [0.1, 0.15) is 62.5 Å². The van der Waals surface area contributed by atoms with E-state index < -0.39 is 0 Å². The van der Waals surface area contributed by atoms with Crippen molar-refractivity contribution in [3.63, 3.8) is 0 Å². The highest BCUT2D eigenvalue weighted by molar-refractivity contribution is 5.98. The maximum atomic E-state index is 13.7. The molecule has 1 N–H and O–H groups in total. The van der Waals surface area contributed by atoms with E-state index in [-0.39, 0.29) is 17.4 Å². The average molecular weight is 381 g/mol. The van der Waals surface area contributed by atoms with Gasteiger partial charge in [0.1, 0.15) is 6.04 Å². The lowest BCUT2D eigenvalue weighted by Gasteiger charge is -2.56. The van der Waals surface area contributed by atoms with E-state index in [0.717, 1.165) is 67.7 Å². The van der Waals surface area contributed by atoms with Crippen LogP contribution in [0.25, 0.3) is 0 Å². The number of hydrogen-bond acceptors (Lipinski definition) is 2. The molecule has 1 unspecified atom stereocenters. The number of amides is 2. The number of hydrogen-bond donors (Lipinski definition) is 1. The maximum absolute atomic E-state index is 13.7. The summed E-state index contributed by atoms with van der Waals surface area (Å²) in [5, 5.41) is 3.11. The highest BCUT2D eigenvalue weighted by Crippen LogP contribution is 2.60. The largest absolute Gasteiger partial charge is 0.330 e. The second kappa shape index (κ2) is 6.60. The lowest BCUT2D eigenvalue weighted by atomic mass is 9.49. The van der Waals surface area contributed by atoms with E-state index in [1.807, 2.05) is 24.0 Å². The SMILES string of the molecule is Cc1ccc(NC(=O)C2CCCN2C(=O)C23CC4CC(CC(C4)C2)C3)c(C)c1. The van der Waals surface area contributed by atoms with Crippen molar-refractivity contribution in [1.29, 1.82) is 0 Å². The van der Waals surface area contributed by atoms with Crippen molar-refractivity contribution in [2.24, 2.45) is 23.2 Å². The molecule has 1 aliphatic heterocycles. The van der Waals surface area contributed by atoms with Gasteiger partial charge in [0.05, 0.1) is 5.41 Å². The van der Waals surface area contributed by atoms with Gasteiger partial charge in [-0.25, -0.2) is 0 Å². The second-order valence-electron chi connectivity index (χ2n) is 10.2. The first-order valence-electron chi connectivity index (χ1n) is 11.1. The van der Waals surface area contributed by atoms with Gasteiger partial charge >= 0.3 is 0 Å². The zero-order chi connectivity index (χ0) is 19.5. The summed E-state index contributed by atoms with van der Waals surface area (Å²) in [7, 11) is 0. The van der Waals surface area contributed by atoms with Crippen LogP contribution in [0, 0.1) is 37.0 Å². The molecule has 4 heteroatoms. The van der Waals surface area contributed by atoms with Crippen molar-refractivity contribution in [2.75, 3.05) is 11.9 Å². The van der Waals surface area contributed by atoms with Gasteiger partial charge in [-0.05, 0) is 94.6 Å². The van der Waals surface area contributed by atoms with Crippen LogP contribution in [0.4, 0.5) is 5.69 Å². The maximum Gasteiger partial charge on any atom is 0.247 e. The minimum absolute atomic E-state index is 0.0115. The fourth-order valence-electron chi connectivity index (χ4n) is 7.13. The van der Waals surface area contributed by atoms with Crippen LogP contribution in [-0.4, -0.2) is 29.3 Å². The molecule has 0 spiro atoms. The second-order valence-corrected chi connectivity index (χ2v) is 10.2. The molecule has 4 saturated carbocycles. The minimum atomic E-state index is -0.304. The molecule has 150 valence electrons. The fourth-order valence-corrected chi connectivity index (χ4v) is 7.13. The summed E-state index contributed by atoms with van der Waals surface area (Å²) in [4.78, 5) is 28.8. The summed E-state index contributed by atoms with van der Waals surface area (Å²) in [5.41, 5.74) is 2.97. The Labute approximate surface area is 168 Å². The van der Waals surface area contributed by atoms with Crippen molar-refractivity contribution < 1.29 is 9.59 Å². The van der Waals surface area contributed by atoms with Gasteiger partial charge in [-0.1, -0.05) is 17.7 Å². The Morgan fingerprint density at radius 3 is 2.29 bits per heavy atom. The molecule has 1 aromatic rings. The van der Waals surface area contributed by atoms with Gasteiger partial charge in [-0.15, -0.1) is 0 Å². The fraction of sp³-hybridized carbons (Fsp3) is 0.667. The summed E-state index contributed by atoms with van der Waals surface area (Å²) in [6, 6.07) is 5.78. The van der Waals surface area contributed by atoms with Crippen LogP contribution in [-0.2, 0) is 9.59 Å². The van der Waals surface area contributed by atoms with E-state index >= 15 is 0 Å². The van der Waals surface area contributed by atoms with Crippen LogP contribution < -0.4 is 5.32 Å². The lowest BCUT2D eigenvalue weighted by molar-refractivity contribution is -0.160. The molecule has 1 heterocycles. The zero-order valence-corrected chi connectivity index (χ0v) is 17.2.